The highest BCUT2D eigenvalue weighted by Crippen LogP contribution is 2.20. The number of hydrogen-bond acceptors (Lipinski definition) is 4. The summed E-state index contributed by atoms with van der Waals surface area (Å²) in [7, 11) is -0.475. The molecule has 3 aromatic carbocycles. The summed E-state index contributed by atoms with van der Waals surface area (Å²) in [5.74, 6) is 0.525. The number of amides is 1. The summed E-state index contributed by atoms with van der Waals surface area (Å²) in [6, 6.07) is 20.5. The van der Waals surface area contributed by atoms with Crippen LogP contribution in [-0.2, 0) is 21.2 Å². The number of sulfonamides is 1. The zero-order valence-electron chi connectivity index (χ0n) is 17.2. The second kappa shape index (κ2) is 9.73. The molecule has 0 fully saturated rings. The highest BCUT2D eigenvalue weighted by molar-refractivity contribution is 7.89. The van der Waals surface area contributed by atoms with Crippen molar-refractivity contribution in [2.24, 2.45) is 0 Å². The Bertz CT molecular complexity index is 1100. The van der Waals surface area contributed by atoms with E-state index in [4.69, 9.17) is 4.74 Å². The first-order chi connectivity index (χ1) is 14.4. The second-order valence-electron chi connectivity index (χ2n) is 7.10. The van der Waals surface area contributed by atoms with Gasteiger partial charge in [-0.15, -0.1) is 0 Å². The highest BCUT2D eigenvalue weighted by Gasteiger charge is 2.16. The second-order valence-corrected chi connectivity index (χ2v) is 9.25. The van der Waals surface area contributed by atoms with Crippen LogP contribution in [0.4, 0.5) is 0 Å². The van der Waals surface area contributed by atoms with Gasteiger partial charge in [-0.3, -0.25) is 4.79 Å². The molecule has 0 radical (unpaired) electrons. The first-order valence-corrected chi connectivity index (χ1v) is 11.2. The van der Waals surface area contributed by atoms with E-state index in [1.165, 1.54) is 37.0 Å². The minimum absolute atomic E-state index is 0.0287. The molecule has 0 saturated carbocycles. The van der Waals surface area contributed by atoms with Gasteiger partial charge in [0, 0.05) is 20.5 Å². The summed E-state index contributed by atoms with van der Waals surface area (Å²) < 4.78 is 30.9. The molecule has 0 aliphatic carbocycles. The number of rotatable bonds is 9. The molecule has 1 N–H and O–H groups in total. The van der Waals surface area contributed by atoms with Crippen molar-refractivity contribution in [1.82, 2.24) is 9.62 Å². The van der Waals surface area contributed by atoms with E-state index < -0.39 is 10.0 Å². The van der Waals surface area contributed by atoms with Crippen molar-refractivity contribution >= 4 is 26.7 Å². The number of carbonyl (C=O) groups is 1. The molecular formula is C23H26N2O4S. The molecule has 0 saturated heterocycles. The molecule has 30 heavy (non-hydrogen) atoms. The minimum atomic E-state index is -3.45. The van der Waals surface area contributed by atoms with Gasteiger partial charge in [0.2, 0.25) is 15.9 Å². The number of nitrogens with zero attached hydrogens (tertiary/aromatic N) is 1. The average molecular weight is 427 g/mol. The van der Waals surface area contributed by atoms with E-state index in [0.29, 0.717) is 31.7 Å². The van der Waals surface area contributed by atoms with Gasteiger partial charge in [0.05, 0.1) is 11.4 Å². The fourth-order valence-electron chi connectivity index (χ4n) is 3.13. The standard InChI is InChI=1S/C23H26N2O4S/c1-25(2)30(27,28)21-13-11-20(12-14-21)29-17-16-24-23(26)15-10-19-8-5-7-18-6-3-4-9-22(18)19/h3-9,11-14H,10,15-17H2,1-2H3,(H,24,26). The van der Waals surface area contributed by atoms with Crippen molar-refractivity contribution in [2.45, 2.75) is 17.7 Å². The lowest BCUT2D eigenvalue weighted by atomic mass is 10.0. The Morgan fingerprint density at radius 3 is 2.40 bits per heavy atom. The molecule has 158 valence electrons. The van der Waals surface area contributed by atoms with Gasteiger partial charge in [0.1, 0.15) is 12.4 Å². The SMILES string of the molecule is CN(C)S(=O)(=O)c1ccc(OCCNC(=O)CCc2cccc3ccccc23)cc1. The monoisotopic (exact) mass is 426 g/mol. The third-order valence-electron chi connectivity index (χ3n) is 4.80. The Labute approximate surface area is 177 Å². The number of benzene rings is 3. The van der Waals surface area contributed by atoms with Crippen LogP contribution in [-0.4, -0.2) is 45.9 Å². The van der Waals surface area contributed by atoms with E-state index in [1.54, 1.807) is 12.1 Å². The maximum Gasteiger partial charge on any atom is 0.242 e. The van der Waals surface area contributed by atoms with Gasteiger partial charge in [-0.25, -0.2) is 12.7 Å². The predicted octanol–water partition coefficient (Wildman–Crippen LogP) is 3.22. The number of nitrogens with one attached hydrogen (secondary N) is 1. The van der Waals surface area contributed by atoms with Gasteiger partial charge in [0.25, 0.3) is 0 Å². The summed E-state index contributed by atoms with van der Waals surface area (Å²) in [6.07, 6.45) is 1.08. The molecule has 0 aromatic heterocycles. The summed E-state index contributed by atoms with van der Waals surface area (Å²) in [5.41, 5.74) is 1.16. The Balaban J connectivity index is 1.43. The zero-order valence-corrected chi connectivity index (χ0v) is 18.0. The summed E-state index contributed by atoms with van der Waals surface area (Å²) in [4.78, 5) is 12.4. The summed E-state index contributed by atoms with van der Waals surface area (Å²) >= 11 is 0. The van der Waals surface area contributed by atoms with Crippen molar-refractivity contribution in [3.05, 3.63) is 72.3 Å². The minimum Gasteiger partial charge on any atom is -0.492 e. The van der Waals surface area contributed by atoms with Crippen LogP contribution in [0.25, 0.3) is 10.8 Å². The van der Waals surface area contributed by atoms with Crippen molar-refractivity contribution in [3.63, 3.8) is 0 Å². The predicted molar refractivity (Wildman–Crippen MR) is 118 cm³/mol. The van der Waals surface area contributed by atoms with Crippen LogP contribution in [0.1, 0.15) is 12.0 Å². The van der Waals surface area contributed by atoms with Crippen LogP contribution >= 0.6 is 0 Å². The zero-order chi connectivity index (χ0) is 21.6. The fraction of sp³-hybridized carbons (Fsp3) is 0.261. The summed E-state index contributed by atoms with van der Waals surface area (Å²) in [6.45, 7) is 0.686. The van der Waals surface area contributed by atoms with Gasteiger partial charge >= 0.3 is 0 Å². The van der Waals surface area contributed by atoms with E-state index in [9.17, 15) is 13.2 Å². The number of fused-ring (bicyclic) bond motifs is 1. The lowest BCUT2D eigenvalue weighted by Crippen LogP contribution is -2.28. The van der Waals surface area contributed by atoms with Crippen LogP contribution < -0.4 is 10.1 Å². The fourth-order valence-corrected chi connectivity index (χ4v) is 4.03. The van der Waals surface area contributed by atoms with Crippen LogP contribution in [0.15, 0.2) is 71.6 Å². The molecule has 0 aliphatic heterocycles. The molecular weight excluding hydrogens is 400 g/mol. The molecule has 0 heterocycles. The van der Waals surface area contributed by atoms with E-state index in [0.717, 1.165) is 9.87 Å². The first kappa shape index (κ1) is 21.8. The number of ether oxygens (including phenoxy) is 1. The topological polar surface area (TPSA) is 75.7 Å². The van der Waals surface area contributed by atoms with Crippen molar-refractivity contribution < 1.29 is 17.9 Å². The van der Waals surface area contributed by atoms with Gasteiger partial charge in [-0.1, -0.05) is 42.5 Å². The number of hydrogen-bond donors (Lipinski definition) is 1. The molecule has 0 atom stereocenters. The molecule has 3 rings (SSSR count). The first-order valence-electron chi connectivity index (χ1n) is 9.76. The Kier molecular flexibility index (Phi) is 7.07. The average Bonchev–Trinajstić information content (AvgIpc) is 2.75. The molecule has 1 amide bonds. The lowest BCUT2D eigenvalue weighted by molar-refractivity contribution is -0.121. The molecule has 3 aromatic rings. The Morgan fingerprint density at radius 2 is 1.67 bits per heavy atom. The maximum absolute atomic E-state index is 12.1. The third-order valence-corrected chi connectivity index (χ3v) is 6.63. The molecule has 7 heteroatoms. The van der Waals surface area contributed by atoms with Gasteiger partial charge in [-0.2, -0.15) is 0 Å². The largest absolute Gasteiger partial charge is 0.492 e. The van der Waals surface area contributed by atoms with Crippen molar-refractivity contribution in [3.8, 4) is 5.75 Å². The molecule has 0 bridgehead atoms. The quantitative estimate of drug-likeness (QED) is 0.533. The molecule has 0 unspecified atom stereocenters. The van der Waals surface area contributed by atoms with Crippen molar-refractivity contribution in [2.75, 3.05) is 27.2 Å². The van der Waals surface area contributed by atoms with Crippen LogP contribution in [0, 0.1) is 0 Å². The number of carbonyl (C=O) groups excluding carboxylic acids is 1. The van der Waals surface area contributed by atoms with Crippen LogP contribution in [0.5, 0.6) is 5.75 Å². The van der Waals surface area contributed by atoms with Gasteiger partial charge in [0.15, 0.2) is 0 Å². The van der Waals surface area contributed by atoms with Crippen LogP contribution in [0.3, 0.4) is 0 Å². The van der Waals surface area contributed by atoms with E-state index in [-0.39, 0.29) is 10.8 Å². The van der Waals surface area contributed by atoms with Crippen LogP contribution in [0.2, 0.25) is 0 Å². The Morgan fingerprint density at radius 1 is 0.967 bits per heavy atom. The van der Waals surface area contributed by atoms with Gasteiger partial charge < -0.3 is 10.1 Å². The van der Waals surface area contributed by atoms with Gasteiger partial charge in [-0.05, 0) is 47.0 Å². The maximum atomic E-state index is 12.1. The normalized spacial score (nSPS) is 11.6. The van der Waals surface area contributed by atoms with Crippen molar-refractivity contribution in [1.29, 1.82) is 0 Å². The number of aryl methyl sites for hydroxylation is 1. The molecule has 6 nitrogen and oxygen atoms in total. The van der Waals surface area contributed by atoms with E-state index >= 15 is 0 Å². The summed E-state index contributed by atoms with van der Waals surface area (Å²) in [5, 5.41) is 5.21. The lowest BCUT2D eigenvalue weighted by Gasteiger charge is -2.12. The van der Waals surface area contributed by atoms with E-state index in [1.807, 2.05) is 18.2 Å². The smallest absolute Gasteiger partial charge is 0.242 e. The molecule has 0 spiro atoms. The molecule has 0 aliphatic rings. The Hall–Kier alpha value is -2.90. The third kappa shape index (κ3) is 5.37. The highest BCUT2D eigenvalue weighted by atomic mass is 32.2. The van der Waals surface area contributed by atoms with E-state index in [2.05, 4.69) is 29.6 Å².